The summed E-state index contributed by atoms with van der Waals surface area (Å²) in [4.78, 5) is 33.4. The second kappa shape index (κ2) is 7.39. The topological polar surface area (TPSA) is 75.9 Å². The van der Waals surface area contributed by atoms with E-state index in [4.69, 9.17) is 4.74 Å². The second-order valence-electron chi connectivity index (χ2n) is 7.74. The van der Waals surface area contributed by atoms with Crippen molar-refractivity contribution in [1.29, 1.82) is 0 Å². The van der Waals surface area contributed by atoms with Gasteiger partial charge in [0.15, 0.2) is 4.80 Å². The van der Waals surface area contributed by atoms with Crippen LogP contribution in [0.2, 0.25) is 0 Å². The molecule has 0 fully saturated rings. The number of thiazole rings is 1. The highest BCUT2D eigenvalue weighted by Gasteiger charge is 2.28. The number of anilines is 2. The van der Waals surface area contributed by atoms with Crippen LogP contribution < -0.4 is 29.8 Å². The van der Waals surface area contributed by atoms with Crippen LogP contribution in [0.3, 0.4) is 0 Å². The molecule has 1 N–H and O–H groups in total. The zero-order valence-corrected chi connectivity index (χ0v) is 18.4. The summed E-state index contributed by atoms with van der Waals surface area (Å²) < 4.78 is 7.64. The second-order valence-corrected chi connectivity index (χ2v) is 8.72. The number of amides is 1. The summed E-state index contributed by atoms with van der Waals surface area (Å²) >= 11 is 1.27. The van der Waals surface area contributed by atoms with E-state index >= 15 is 0 Å². The van der Waals surface area contributed by atoms with E-state index in [9.17, 15) is 9.59 Å². The highest BCUT2D eigenvalue weighted by Crippen LogP contribution is 2.33. The smallest absolute Gasteiger partial charge is 0.272 e. The first-order valence-corrected chi connectivity index (χ1v) is 11.0. The van der Waals surface area contributed by atoms with Crippen molar-refractivity contribution in [3.63, 3.8) is 0 Å². The summed E-state index contributed by atoms with van der Waals surface area (Å²) in [6, 6.07) is 11.7. The number of carbonyl (C=O) groups is 1. The van der Waals surface area contributed by atoms with E-state index in [0.29, 0.717) is 51.9 Å². The van der Waals surface area contributed by atoms with Gasteiger partial charge in [0.1, 0.15) is 23.6 Å². The summed E-state index contributed by atoms with van der Waals surface area (Å²) in [5, 5.41) is 2.86. The molecule has 5 rings (SSSR count). The van der Waals surface area contributed by atoms with Crippen LogP contribution in [0.5, 0.6) is 5.75 Å². The van der Waals surface area contributed by atoms with Crippen molar-refractivity contribution in [3.05, 3.63) is 72.8 Å². The lowest BCUT2D eigenvalue weighted by Crippen LogP contribution is -2.43. The number of benzene rings is 2. The van der Waals surface area contributed by atoms with Crippen LogP contribution in [0.4, 0.5) is 11.4 Å². The molecule has 0 saturated carbocycles. The minimum atomic E-state index is -0.272. The zero-order chi connectivity index (χ0) is 21.7. The molecule has 1 aromatic heterocycles. The minimum absolute atomic E-state index is 0.197. The van der Waals surface area contributed by atoms with E-state index in [1.165, 1.54) is 22.5 Å². The van der Waals surface area contributed by atoms with E-state index in [2.05, 4.69) is 47.3 Å². The number of fused-ring (bicyclic) bond motifs is 2. The van der Waals surface area contributed by atoms with Gasteiger partial charge in [-0.2, -0.15) is 0 Å². The van der Waals surface area contributed by atoms with E-state index < -0.39 is 0 Å². The fraction of sp³-hybridized carbons (Fsp3) is 0.261. The highest BCUT2D eigenvalue weighted by molar-refractivity contribution is 7.07. The third-order valence-electron chi connectivity index (χ3n) is 5.40. The van der Waals surface area contributed by atoms with Gasteiger partial charge in [-0.15, -0.1) is 0 Å². The molecule has 31 heavy (non-hydrogen) atoms. The molecule has 0 bridgehead atoms. The summed E-state index contributed by atoms with van der Waals surface area (Å²) in [5.74, 6) is 0.397. The van der Waals surface area contributed by atoms with Crippen LogP contribution in [-0.2, 0) is 11.5 Å². The molecule has 7 nitrogen and oxygen atoms in total. The first-order chi connectivity index (χ1) is 14.9. The van der Waals surface area contributed by atoms with Gasteiger partial charge < -0.3 is 15.0 Å². The molecule has 3 aromatic rings. The number of ether oxygens (including phenoxy) is 1. The third-order valence-corrected chi connectivity index (χ3v) is 6.51. The lowest BCUT2D eigenvalue weighted by molar-refractivity contribution is -0.110. The molecule has 0 radical (unpaired) electrons. The van der Waals surface area contributed by atoms with Crippen LogP contribution >= 0.6 is 11.3 Å². The molecule has 2 aromatic carbocycles. The maximum Gasteiger partial charge on any atom is 0.272 e. The molecule has 3 heterocycles. The van der Waals surface area contributed by atoms with Crippen molar-refractivity contribution < 1.29 is 9.53 Å². The van der Waals surface area contributed by atoms with Crippen molar-refractivity contribution in [2.24, 2.45) is 4.99 Å². The molecule has 0 aliphatic carbocycles. The Morgan fingerprint density at radius 1 is 1.13 bits per heavy atom. The molecular weight excluding hydrogens is 412 g/mol. The summed E-state index contributed by atoms with van der Waals surface area (Å²) in [6.45, 7) is 7.41. The minimum Gasteiger partial charge on any atom is -0.494 e. The molecule has 158 valence electrons. The van der Waals surface area contributed by atoms with Gasteiger partial charge in [-0.05, 0) is 62.2 Å². The van der Waals surface area contributed by atoms with Gasteiger partial charge in [0.05, 0.1) is 12.2 Å². The molecule has 0 saturated heterocycles. The van der Waals surface area contributed by atoms with Crippen LogP contribution in [0.15, 0.2) is 46.2 Å². The van der Waals surface area contributed by atoms with Crippen LogP contribution in [0.25, 0.3) is 5.57 Å². The first-order valence-electron chi connectivity index (χ1n) is 10.1. The summed E-state index contributed by atoms with van der Waals surface area (Å²) in [6.07, 6.45) is 0. The van der Waals surface area contributed by atoms with Gasteiger partial charge in [-0.1, -0.05) is 17.4 Å². The van der Waals surface area contributed by atoms with Crippen molar-refractivity contribution >= 4 is 34.2 Å². The standard InChI is InChI=1S/C23H22N4O3S/c1-4-30-16-5-6-18-17(10-16)19(21(28)25-18)20-22(29)27-12-26(11-24-23(27)31-20)15-8-13(2)7-14(3)9-15/h5-10H,4,11-12H2,1-3H3,(H,25,28). The van der Waals surface area contributed by atoms with E-state index in [-0.39, 0.29) is 11.5 Å². The van der Waals surface area contributed by atoms with Gasteiger partial charge in [-0.25, -0.2) is 4.99 Å². The maximum absolute atomic E-state index is 13.3. The van der Waals surface area contributed by atoms with Crippen molar-refractivity contribution in [1.82, 2.24) is 4.57 Å². The Morgan fingerprint density at radius 3 is 2.65 bits per heavy atom. The van der Waals surface area contributed by atoms with Gasteiger partial charge in [0.2, 0.25) is 0 Å². The monoisotopic (exact) mass is 434 g/mol. The van der Waals surface area contributed by atoms with E-state index in [1.54, 1.807) is 4.57 Å². The van der Waals surface area contributed by atoms with Crippen LogP contribution in [0, 0.1) is 13.8 Å². The number of nitrogens with one attached hydrogen (secondary N) is 1. The fourth-order valence-electron chi connectivity index (χ4n) is 4.09. The average molecular weight is 435 g/mol. The van der Waals surface area contributed by atoms with Crippen LogP contribution in [-0.4, -0.2) is 23.7 Å². The molecule has 1 amide bonds. The van der Waals surface area contributed by atoms with E-state index in [0.717, 1.165) is 5.69 Å². The Labute approximate surface area is 182 Å². The number of rotatable bonds is 3. The van der Waals surface area contributed by atoms with Gasteiger partial charge in [-0.3, -0.25) is 14.2 Å². The quantitative estimate of drug-likeness (QED) is 0.685. The molecule has 8 heteroatoms. The number of carbonyl (C=O) groups excluding carboxylic acids is 1. The third kappa shape index (κ3) is 3.33. The average Bonchev–Trinajstić information content (AvgIpc) is 3.22. The molecule has 2 aliphatic rings. The Hall–Kier alpha value is -3.39. The predicted molar refractivity (Wildman–Crippen MR) is 121 cm³/mol. The number of aromatic nitrogens is 1. The fourth-order valence-corrected chi connectivity index (χ4v) is 5.14. The van der Waals surface area contributed by atoms with Crippen molar-refractivity contribution in [2.75, 3.05) is 23.5 Å². The first kappa shape index (κ1) is 19.6. The number of nitrogens with zero attached hydrogens (tertiary/aromatic N) is 3. The lowest BCUT2D eigenvalue weighted by Gasteiger charge is -2.26. The number of aryl methyl sites for hydroxylation is 2. The number of hydrogen-bond donors (Lipinski definition) is 1. The Kier molecular flexibility index (Phi) is 4.66. The maximum atomic E-state index is 13.3. The molecule has 0 unspecified atom stereocenters. The van der Waals surface area contributed by atoms with Gasteiger partial charge >= 0.3 is 0 Å². The Morgan fingerprint density at radius 2 is 1.90 bits per heavy atom. The predicted octanol–water partition coefficient (Wildman–Crippen LogP) is 2.13. The normalized spacial score (nSPS) is 16.5. The van der Waals surface area contributed by atoms with Gasteiger partial charge in [0.25, 0.3) is 11.5 Å². The Bertz CT molecular complexity index is 1380. The summed E-state index contributed by atoms with van der Waals surface area (Å²) in [7, 11) is 0. The van der Waals surface area contributed by atoms with Gasteiger partial charge in [0, 0.05) is 16.9 Å². The van der Waals surface area contributed by atoms with Crippen LogP contribution in [0.1, 0.15) is 23.6 Å². The molecular formula is C23H22N4O3S. The summed E-state index contributed by atoms with van der Waals surface area (Å²) in [5.41, 5.74) is 4.94. The molecule has 0 atom stereocenters. The van der Waals surface area contributed by atoms with E-state index in [1.807, 2.05) is 25.1 Å². The van der Waals surface area contributed by atoms with Crippen molar-refractivity contribution in [2.45, 2.75) is 27.4 Å². The zero-order valence-electron chi connectivity index (χ0n) is 17.6. The Balaban J connectivity index is 1.62. The molecule has 2 aliphatic heterocycles. The molecule has 0 spiro atoms. The SMILES string of the molecule is CCOc1ccc2c(c1)C(=c1sc3n(c1=O)CN(c1cc(C)cc(C)c1)CN=3)C(=O)N2. The lowest BCUT2D eigenvalue weighted by atomic mass is 10.1. The highest BCUT2D eigenvalue weighted by atomic mass is 32.1. The number of hydrogen-bond acceptors (Lipinski definition) is 6. The largest absolute Gasteiger partial charge is 0.494 e. The van der Waals surface area contributed by atoms with Crippen molar-refractivity contribution in [3.8, 4) is 5.75 Å².